The molecule has 0 aliphatic carbocycles. The van der Waals surface area contributed by atoms with Gasteiger partial charge in [0.2, 0.25) is 0 Å². The summed E-state index contributed by atoms with van der Waals surface area (Å²) in [4.78, 5) is 1.37. The van der Waals surface area contributed by atoms with Gasteiger partial charge in [0, 0.05) is 4.88 Å². The van der Waals surface area contributed by atoms with Crippen LogP contribution >= 0.6 is 11.3 Å². The number of thiophene rings is 1. The van der Waals surface area contributed by atoms with Gasteiger partial charge >= 0.3 is 0 Å². The average Bonchev–Trinajstić information content (AvgIpc) is 2.53. The average molecular weight is 188 g/mol. The van der Waals surface area contributed by atoms with E-state index in [2.05, 4.69) is 49.6 Å². The van der Waals surface area contributed by atoms with Gasteiger partial charge in [-0.05, 0) is 42.0 Å². The summed E-state index contributed by atoms with van der Waals surface area (Å²) in [5.74, 6) is 0. The van der Waals surface area contributed by atoms with Gasteiger partial charge < -0.3 is 0 Å². The van der Waals surface area contributed by atoms with Crippen molar-refractivity contribution in [2.45, 2.75) is 13.8 Å². The SMILES string of the molecule is Cc1cc(-c2ccccc2C)cs1. The Morgan fingerprint density at radius 2 is 1.85 bits per heavy atom. The Morgan fingerprint density at radius 1 is 1.08 bits per heavy atom. The summed E-state index contributed by atoms with van der Waals surface area (Å²) in [6, 6.07) is 10.7. The Morgan fingerprint density at radius 3 is 2.46 bits per heavy atom. The van der Waals surface area contributed by atoms with Crippen molar-refractivity contribution in [1.82, 2.24) is 0 Å². The molecule has 0 aliphatic rings. The molecule has 1 heteroatoms. The second-order valence-corrected chi connectivity index (χ2v) is 4.38. The van der Waals surface area contributed by atoms with E-state index in [0.29, 0.717) is 0 Å². The zero-order chi connectivity index (χ0) is 9.26. The highest BCUT2D eigenvalue weighted by Crippen LogP contribution is 2.27. The van der Waals surface area contributed by atoms with E-state index in [1.807, 2.05) is 11.3 Å². The lowest BCUT2D eigenvalue weighted by atomic mass is 10.0. The van der Waals surface area contributed by atoms with Crippen molar-refractivity contribution in [2.75, 3.05) is 0 Å². The molecule has 2 aromatic rings. The molecule has 0 N–H and O–H groups in total. The first kappa shape index (κ1) is 8.52. The third-order valence-electron chi connectivity index (χ3n) is 2.19. The van der Waals surface area contributed by atoms with Crippen molar-refractivity contribution < 1.29 is 0 Å². The summed E-state index contributed by atoms with van der Waals surface area (Å²) >= 11 is 1.81. The van der Waals surface area contributed by atoms with E-state index in [4.69, 9.17) is 0 Å². The second-order valence-electron chi connectivity index (χ2n) is 3.26. The fourth-order valence-electron chi connectivity index (χ4n) is 1.48. The lowest BCUT2D eigenvalue weighted by Gasteiger charge is -2.01. The highest BCUT2D eigenvalue weighted by Gasteiger charge is 2.01. The van der Waals surface area contributed by atoms with Crippen molar-refractivity contribution in [1.29, 1.82) is 0 Å². The summed E-state index contributed by atoms with van der Waals surface area (Å²) in [6.07, 6.45) is 0. The van der Waals surface area contributed by atoms with Crippen LogP contribution in [-0.4, -0.2) is 0 Å². The monoisotopic (exact) mass is 188 g/mol. The van der Waals surface area contributed by atoms with Crippen LogP contribution in [0.4, 0.5) is 0 Å². The molecule has 0 aliphatic heterocycles. The molecule has 0 bridgehead atoms. The Hall–Kier alpha value is -1.08. The number of aryl methyl sites for hydroxylation is 2. The summed E-state index contributed by atoms with van der Waals surface area (Å²) in [5, 5.41) is 2.22. The van der Waals surface area contributed by atoms with Gasteiger partial charge in [-0.3, -0.25) is 0 Å². The molecule has 0 amide bonds. The van der Waals surface area contributed by atoms with E-state index in [1.165, 1.54) is 21.6 Å². The zero-order valence-electron chi connectivity index (χ0n) is 7.87. The quantitative estimate of drug-likeness (QED) is 0.633. The zero-order valence-corrected chi connectivity index (χ0v) is 8.69. The molecule has 0 saturated carbocycles. The van der Waals surface area contributed by atoms with Crippen LogP contribution in [-0.2, 0) is 0 Å². The normalized spacial score (nSPS) is 10.3. The highest BCUT2D eigenvalue weighted by molar-refractivity contribution is 7.10. The van der Waals surface area contributed by atoms with Gasteiger partial charge in [0.15, 0.2) is 0 Å². The third-order valence-corrected chi connectivity index (χ3v) is 3.05. The molecule has 0 fully saturated rings. The minimum absolute atomic E-state index is 1.35. The van der Waals surface area contributed by atoms with Gasteiger partial charge in [-0.25, -0.2) is 0 Å². The van der Waals surface area contributed by atoms with Gasteiger partial charge in [0.1, 0.15) is 0 Å². The largest absolute Gasteiger partial charge is 0.149 e. The van der Waals surface area contributed by atoms with Gasteiger partial charge in [-0.15, -0.1) is 11.3 Å². The first-order valence-electron chi connectivity index (χ1n) is 4.38. The molecule has 2 rings (SSSR count). The summed E-state index contributed by atoms with van der Waals surface area (Å²) in [5.41, 5.74) is 4.05. The molecule has 1 heterocycles. The van der Waals surface area contributed by atoms with Crippen molar-refractivity contribution in [3.63, 3.8) is 0 Å². The molecule has 66 valence electrons. The molecular weight excluding hydrogens is 176 g/mol. The third kappa shape index (κ3) is 1.65. The molecular formula is C12H12S. The van der Waals surface area contributed by atoms with E-state index in [1.54, 1.807) is 0 Å². The van der Waals surface area contributed by atoms with Crippen molar-refractivity contribution >= 4 is 11.3 Å². The number of rotatable bonds is 1. The predicted octanol–water partition coefficient (Wildman–Crippen LogP) is 4.03. The summed E-state index contributed by atoms with van der Waals surface area (Å²) in [6.45, 7) is 4.30. The van der Waals surface area contributed by atoms with E-state index in [9.17, 15) is 0 Å². The smallest absolute Gasteiger partial charge is 0.00205 e. The highest BCUT2D eigenvalue weighted by atomic mass is 32.1. The van der Waals surface area contributed by atoms with Crippen LogP contribution in [0, 0.1) is 13.8 Å². The maximum Gasteiger partial charge on any atom is 0.00205 e. The topological polar surface area (TPSA) is 0 Å². The molecule has 0 nitrogen and oxygen atoms in total. The van der Waals surface area contributed by atoms with E-state index in [-0.39, 0.29) is 0 Å². The maximum atomic E-state index is 2.24. The first-order chi connectivity index (χ1) is 6.27. The minimum atomic E-state index is 1.35. The van der Waals surface area contributed by atoms with Crippen molar-refractivity contribution in [2.24, 2.45) is 0 Å². The molecule has 13 heavy (non-hydrogen) atoms. The Labute approximate surface area is 82.9 Å². The second kappa shape index (κ2) is 3.35. The van der Waals surface area contributed by atoms with Crippen LogP contribution in [0.1, 0.15) is 10.4 Å². The van der Waals surface area contributed by atoms with E-state index in [0.717, 1.165) is 0 Å². The van der Waals surface area contributed by atoms with Crippen LogP contribution in [0.2, 0.25) is 0 Å². The molecule has 0 radical (unpaired) electrons. The van der Waals surface area contributed by atoms with Crippen LogP contribution in [0.15, 0.2) is 35.7 Å². The molecule has 1 aromatic heterocycles. The minimum Gasteiger partial charge on any atom is -0.149 e. The van der Waals surface area contributed by atoms with Crippen LogP contribution in [0.3, 0.4) is 0 Å². The van der Waals surface area contributed by atoms with Crippen LogP contribution in [0.5, 0.6) is 0 Å². The Kier molecular flexibility index (Phi) is 2.19. The molecule has 0 saturated heterocycles. The van der Waals surface area contributed by atoms with E-state index < -0.39 is 0 Å². The number of hydrogen-bond donors (Lipinski definition) is 0. The van der Waals surface area contributed by atoms with Gasteiger partial charge in [-0.1, -0.05) is 24.3 Å². The van der Waals surface area contributed by atoms with Crippen molar-refractivity contribution in [3.8, 4) is 11.1 Å². The molecule has 1 aromatic carbocycles. The maximum absolute atomic E-state index is 2.24. The Balaban J connectivity index is 2.52. The van der Waals surface area contributed by atoms with Crippen LogP contribution < -0.4 is 0 Å². The summed E-state index contributed by atoms with van der Waals surface area (Å²) in [7, 11) is 0. The predicted molar refractivity (Wildman–Crippen MR) is 59.2 cm³/mol. The van der Waals surface area contributed by atoms with E-state index >= 15 is 0 Å². The number of hydrogen-bond acceptors (Lipinski definition) is 1. The lowest BCUT2D eigenvalue weighted by molar-refractivity contribution is 1.46. The molecule has 0 atom stereocenters. The van der Waals surface area contributed by atoms with Gasteiger partial charge in [-0.2, -0.15) is 0 Å². The van der Waals surface area contributed by atoms with Gasteiger partial charge in [0.25, 0.3) is 0 Å². The van der Waals surface area contributed by atoms with Crippen molar-refractivity contribution in [3.05, 3.63) is 46.2 Å². The number of benzene rings is 1. The Bertz CT molecular complexity index is 413. The van der Waals surface area contributed by atoms with Gasteiger partial charge in [0.05, 0.1) is 0 Å². The molecule has 0 spiro atoms. The first-order valence-corrected chi connectivity index (χ1v) is 5.26. The standard InChI is InChI=1S/C12H12S/c1-9-5-3-4-6-12(9)11-7-10(2)13-8-11/h3-8H,1-2H3. The fraction of sp³-hybridized carbons (Fsp3) is 0.167. The van der Waals surface area contributed by atoms with Crippen LogP contribution in [0.25, 0.3) is 11.1 Å². The lowest BCUT2D eigenvalue weighted by Crippen LogP contribution is -1.78. The summed E-state index contributed by atoms with van der Waals surface area (Å²) < 4.78 is 0. The fourth-order valence-corrected chi connectivity index (χ4v) is 2.18. The molecule has 0 unspecified atom stereocenters.